The van der Waals surface area contributed by atoms with Crippen molar-refractivity contribution < 1.29 is 18.7 Å². The maximum atomic E-state index is 14.9. The predicted octanol–water partition coefficient (Wildman–Crippen LogP) is 4.56. The lowest BCUT2D eigenvalue weighted by atomic mass is 10.0. The molecule has 2 aromatic carbocycles. The van der Waals surface area contributed by atoms with E-state index in [4.69, 9.17) is 17.0 Å². The minimum atomic E-state index is -0.637. The molecule has 10 nitrogen and oxygen atoms in total. The molecule has 3 amide bonds. The van der Waals surface area contributed by atoms with E-state index in [0.717, 1.165) is 44.6 Å². The summed E-state index contributed by atoms with van der Waals surface area (Å²) >= 11 is 5.20. The average molecular weight is 608 g/mol. The second-order valence-corrected chi connectivity index (χ2v) is 11.1. The minimum absolute atomic E-state index is 0.0220. The molecule has 1 saturated heterocycles. The molecule has 2 heterocycles. The fourth-order valence-electron chi connectivity index (χ4n) is 4.68. The predicted molar refractivity (Wildman–Crippen MR) is 170 cm³/mol. The van der Waals surface area contributed by atoms with Gasteiger partial charge in [-0.05, 0) is 62.9 Å². The van der Waals surface area contributed by atoms with Crippen molar-refractivity contribution >= 4 is 40.8 Å². The van der Waals surface area contributed by atoms with E-state index in [1.807, 2.05) is 30.3 Å². The van der Waals surface area contributed by atoms with Gasteiger partial charge >= 0.3 is 6.03 Å². The Morgan fingerprint density at radius 3 is 2.49 bits per heavy atom. The standard InChI is InChI=1S/C31H38FN7O3S/c1-37(2)17-18-39-15-12-24(13-16-39)38(3)31(41)35-28-21-25(11-14-33-28)42-27-10-9-23(20-26(27)32)34-30(43)36-29(40)19-22-7-5-4-6-8-22/h4-11,14,20-21,24H,12-13,15-19H2,1-3H3,(H,33,35,41)(H2,34,36,40,43). The molecule has 4 rings (SSSR count). The first-order chi connectivity index (χ1) is 20.7. The molecule has 43 heavy (non-hydrogen) atoms. The first-order valence-electron chi connectivity index (χ1n) is 14.2. The molecule has 0 unspecified atom stereocenters. The van der Waals surface area contributed by atoms with E-state index in [-0.39, 0.29) is 35.3 Å². The summed E-state index contributed by atoms with van der Waals surface area (Å²) in [5.41, 5.74) is 1.21. The zero-order valence-electron chi connectivity index (χ0n) is 24.7. The first-order valence-corrected chi connectivity index (χ1v) is 14.6. The number of carbonyl (C=O) groups excluding carboxylic acids is 2. The Labute approximate surface area is 257 Å². The van der Waals surface area contributed by atoms with Crippen LogP contribution in [-0.2, 0) is 11.2 Å². The third-order valence-corrected chi connectivity index (χ3v) is 7.34. The molecule has 1 fully saturated rings. The molecule has 1 aliphatic rings. The Hall–Kier alpha value is -4.13. The number of thiocarbonyl (C=S) groups is 1. The molecule has 3 N–H and O–H groups in total. The molecule has 3 aromatic rings. The van der Waals surface area contributed by atoms with Crippen molar-refractivity contribution in [3.05, 3.63) is 78.2 Å². The largest absolute Gasteiger partial charge is 0.454 e. The van der Waals surface area contributed by atoms with Crippen LogP contribution in [0.1, 0.15) is 18.4 Å². The normalized spacial score (nSPS) is 13.8. The van der Waals surface area contributed by atoms with Gasteiger partial charge < -0.3 is 30.1 Å². The van der Waals surface area contributed by atoms with E-state index in [1.165, 1.54) is 18.3 Å². The fourth-order valence-corrected chi connectivity index (χ4v) is 4.91. The number of halogens is 1. The Morgan fingerprint density at radius 2 is 1.79 bits per heavy atom. The highest BCUT2D eigenvalue weighted by molar-refractivity contribution is 7.80. The van der Waals surface area contributed by atoms with Crippen LogP contribution in [0.2, 0.25) is 0 Å². The second-order valence-electron chi connectivity index (χ2n) is 10.7. The fraction of sp³-hybridized carbons (Fsp3) is 0.355. The molecule has 0 bridgehead atoms. The topological polar surface area (TPSA) is 102 Å². The summed E-state index contributed by atoms with van der Waals surface area (Å²) in [5, 5.41) is 8.27. The van der Waals surface area contributed by atoms with Crippen LogP contribution in [0.15, 0.2) is 66.9 Å². The maximum Gasteiger partial charge on any atom is 0.323 e. The summed E-state index contributed by atoms with van der Waals surface area (Å²) in [6.45, 7) is 3.94. The molecule has 0 saturated carbocycles. The average Bonchev–Trinajstić information content (AvgIpc) is 2.98. The molecular weight excluding hydrogens is 569 g/mol. The van der Waals surface area contributed by atoms with Crippen molar-refractivity contribution in [2.24, 2.45) is 0 Å². The van der Waals surface area contributed by atoms with Gasteiger partial charge in [-0.1, -0.05) is 30.3 Å². The Bertz CT molecular complexity index is 1400. The lowest BCUT2D eigenvalue weighted by Gasteiger charge is -2.37. The lowest BCUT2D eigenvalue weighted by Crippen LogP contribution is -2.48. The number of pyridine rings is 1. The van der Waals surface area contributed by atoms with Crippen molar-refractivity contribution in [1.29, 1.82) is 0 Å². The third kappa shape index (κ3) is 9.98. The van der Waals surface area contributed by atoms with E-state index >= 15 is 0 Å². The summed E-state index contributed by atoms with van der Waals surface area (Å²) in [5.74, 6) is -0.330. The van der Waals surface area contributed by atoms with E-state index < -0.39 is 5.82 Å². The molecule has 0 spiro atoms. The van der Waals surface area contributed by atoms with Gasteiger partial charge in [0, 0.05) is 63.3 Å². The van der Waals surface area contributed by atoms with Crippen molar-refractivity contribution in [1.82, 2.24) is 25.0 Å². The number of likely N-dealkylation sites (tertiary alicyclic amines) is 1. The zero-order chi connectivity index (χ0) is 30.8. The number of hydrogen-bond donors (Lipinski definition) is 3. The van der Waals surface area contributed by atoms with Crippen molar-refractivity contribution in [2.75, 3.05) is 58.0 Å². The molecule has 0 atom stereocenters. The van der Waals surface area contributed by atoms with Crippen LogP contribution in [0, 0.1) is 5.82 Å². The molecule has 12 heteroatoms. The third-order valence-electron chi connectivity index (χ3n) is 7.13. The highest BCUT2D eigenvalue weighted by Crippen LogP contribution is 2.28. The van der Waals surface area contributed by atoms with Gasteiger partial charge in [-0.3, -0.25) is 10.1 Å². The molecule has 0 aliphatic carbocycles. The minimum Gasteiger partial charge on any atom is -0.454 e. The number of aromatic nitrogens is 1. The van der Waals surface area contributed by atoms with Crippen LogP contribution in [0.5, 0.6) is 11.5 Å². The number of amides is 3. The summed E-state index contributed by atoms with van der Waals surface area (Å²) in [6, 6.07) is 16.5. The quantitative estimate of drug-likeness (QED) is 0.289. The Morgan fingerprint density at radius 1 is 1.05 bits per heavy atom. The molecule has 1 aliphatic heterocycles. The van der Waals surface area contributed by atoms with Crippen LogP contribution in [0.25, 0.3) is 0 Å². The van der Waals surface area contributed by atoms with Crippen molar-refractivity contribution in [3.8, 4) is 11.5 Å². The van der Waals surface area contributed by atoms with Crippen LogP contribution in [0.4, 0.5) is 20.7 Å². The number of anilines is 2. The Kier molecular flexibility index (Phi) is 11.4. The summed E-state index contributed by atoms with van der Waals surface area (Å²) in [7, 11) is 5.93. The Balaban J connectivity index is 1.26. The number of carbonyl (C=O) groups is 2. The molecular formula is C31H38FN7O3S. The van der Waals surface area contributed by atoms with E-state index in [9.17, 15) is 14.0 Å². The van der Waals surface area contributed by atoms with Crippen molar-refractivity contribution in [2.45, 2.75) is 25.3 Å². The van der Waals surface area contributed by atoms with Gasteiger partial charge in [-0.15, -0.1) is 0 Å². The van der Waals surface area contributed by atoms with Crippen LogP contribution < -0.4 is 20.7 Å². The van der Waals surface area contributed by atoms with Crippen molar-refractivity contribution in [3.63, 3.8) is 0 Å². The number of rotatable bonds is 10. The summed E-state index contributed by atoms with van der Waals surface area (Å²) < 4.78 is 20.6. The molecule has 228 valence electrons. The number of ether oxygens (including phenoxy) is 1. The van der Waals surface area contributed by atoms with E-state index in [2.05, 4.69) is 44.8 Å². The monoisotopic (exact) mass is 607 g/mol. The maximum absolute atomic E-state index is 14.9. The van der Waals surface area contributed by atoms with Crippen LogP contribution >= 0.6 is 12.2 Å². The SMILES string of the molecule is CN(C)CCN1CCC(N(C)C(=O)Nc2cc(Oc3ccc(NC(=S)NC(=O)Cc4ccccc4)cc3F)ccn2)CC1. The summed E-state index contributed by atoms with van der Waals surface area (Å²) in [6.07, 6.45) is 3.47. The zero-order valence-corrected chi connectivity index (χ0v) is 25.5. The van der Waals surface area contributed by atoms with Gasteiger partial charge in [0.15, 0.2) is 16.7 Å². The van der Waals surface area contributed by atoms with Gasteiger partial charge in [0.25, 0.3) is 0 Å². The molecule has 0 radical (unpaired) electrons. The number of benzene rings is 2. The molecule has 1 aromatic heterocycles. The number of nitrogens with zero attached hydrogens (tertiary/aromatic N) is 4. The highest BCUT2D eigenvalue weighted by atomic mass is 32.1. The smallest absolute Gasteiger partial charge is 0.323 e. The lowest BCUT2D eigenvalue weighted by molar-refractivity contribution is -0.119. The number of piperidine rings is 1. The van der Waals surface area contributed by atoms with Gasteiger partial charge in [0.05, 0.1) is 6.42 Å². The summed E-state index contributed by atoms with van der Waals surface area (Å²) in [4.78, 5) is 35.7. The first kappa shape index (κ1) is 31.8. The van der Waals surface area contributed by atoms with Crippen LogP contribution in [0.3, 0.4) is 0 Å². The van der Waals surface area contributed by atoms with Gasteiger partial charge in [-0.2, -0.15) is 0 Å². The second kappa shape index (κ2) is 15.4. The van der Waals surface area contributed by atoms with Crippen LogP contribution in [-0.4, -0.2) is 90.1 Å². The van der Waals surface area contributed by atoms with Gasteiger partial charge in [-0.25, -0.2) is 14.2 Å². The number of likely N-dealkylation sites (N-methyl/N-ethyl adjacent to an activating group) is 1. The van der Waals surface area contributed by atoms with E-state index in [0.29, 0.717) is 17.3 Å². The number of urea groups is 1. The van der Waals surface area contributed by atoms with Gasteiger partial charge in [0.1, 0.15) is 11.6 Å². The van der Waals surface area contributed by atoms with Gasteiger partial charge in [0.2, 0.25) is 5.91 Å². The number of nitrogens with one attached hydrogen (secondary N) is 3. The number of hydrogen-bond acceptors (Lipinski definition) is 7. The van der Waals surface area contributed by atoms with E-state index in [1.54, 1.807) is 30.1 Å². The highest BCUT2D eigenvalue weighted by Gasteiger charge is 2.25.